The van der Waals surface area contributed by atoms with Gasteiger partial charge in [0.2, 0.25) is 5.95 Å². The Hall–Kier alpha value is -3.02. The maximum atomic E-state index is 13.4. The van der Waals surface area contributed by atoms with Crippen molar-refractivity contribution in [3.8, 4) is 0 Å². The molecule has 4 rings (SSSR count). The number of anilines is 3. The third kappa shape index (κ3) is 4.44. The van der Waals surface area contributed by atoms with Gasteiger partial charge in [-0.1, -0.05) is 30.3 Å². The van der Waals surface area contributed by atoms with Gasteiger partial charge in [0.1, 0.15) is 5.82 Å². The summed E-state index contributed by atoms with van der Waals surface area (Å²) in [5, 5.41) is 3.01. The minimum absolute atomic E-state index is 0.449. The smallest absolute Gasteiger partial charge is 0.227 e. The second-order valence-electron chi connectivity index (χ2n) is 7.12. The molecule has 28 heavy (non-hydrogen) atoms. The van der Waals surface area contributed by atoms with Gasteiger partial charge in [0.15, 0.2) is 11.6 Å². The fourth-order valence-electron chi connectivity index (χ4n) is 3.58. The topological polar surface area (TPSA) is 41.1 Å². The Labute approximate surface area is 163 Å². The van der Waals surface area contributed by atoms with Crippen LogP contribution in [0, 0.1) is 17.6 Å². The minimum Gasteiger partial charge on any atom is -0.341 e. The van der Waals surface area contributed by atoms with E-state index in [0.29, 0.717) is 23.4 Å². The van der Waals surface area contributed by atoms with Crippen LogP contribution in [0.25, 0.3) is 0 Å². The van der Waals surface area contributed by atoms with Crippen LogP contribution in [0.4, 0.5) is 26.2 Å². The van der Waals surface area contributed by atoms with Crippen molar-refractivity contribution in [1.82, 2.24) is 9.97 Å². The van der Waals surface area contributed by atoms with Crippen LogP contribution in [0.2, 0.25) is 0 Å². The highest BCUT2D eigenvalue weighted by Gasteiger charge is 2.21. The van der Waals surface area contributed by atoms with Gasteiger partial charge in [0.25, 0.3) is 0 Å². The number of nitrogens with one attached hydrogen (secondary N) is 1. The van der Waals surface area contributed by atoms with Crippen molar-refractivity contribution in [3.05, 3.63) is 78.0 Å². The number of halogens is 2. The molecule has 144 valence electrons. The molecule has 0 aliphatic carbocycles. The second-order valence-corrected chi connectivity index (χ2v) is 7.12. The zero-order valence-electron chi connectivity index (χ0n) is 15.5. The van der Waals surface area contributed by atoms with E-state index in [2.05, 4.69) is 44.5 Å². The molecule has 1 fully saturated rings. The van der Waals surface area contributed by atoms with Crippen molar-refractivity contribution >= 4 is 17.5 Å². The summed E-state index contributed by atoms with van der Waals surface area (Å²) in [7, 11) is 0. The monoisotopic (exact) mass is 380 g/mol. The molecule has 1 aromatic heterocycles. The maximum Gasteiger partial charge on any atom is 0.227 e. The molecular weight excluding hydrogens is 358 g/mol. The van der Waals surface area contributed by atoms with Gasteiger partial charge < -0.3 is 10.2 Å². The molecule has 0 spiro atoms. The zero-order chi connectivity index (χ0) is 19.3. The number of piperidine rings is 1. The summed E-state index contributed by atoms with van der Waals surface area (Å²) in [6.07, 6.45) is 4.98. The van der Waals surface area contributed by atoms with E-state index in [9.17, 15) is 8.78 Å². The Balaban J connectivity index is 1.37. The summed E-state index contributed by atoms with van der Waals surface area (Å²) in [6.45, 7) is 1.82. The number of nitrogens with zero attached hydrogens (tertiary/aromatic N) is 3. The molecule has 4 nitrogen and oxygen atoms in total. The summed E-state index contributed by atoms with van der Waals surface area (Å²) in [4.78, 5) is 11.1. The average molecular weight is 380 g/mol. The van der Waals surface area contributed by atoms with Gasteiger partial charge in [-0.05, 0) is 48.9 Å². The van der Waals surface area contributed by atoms with E-state index >= 15 is 0 Å². The quantitative estimate of drug-likeness (QED) is 0.679. The van der Waals surface area contributed by atoms with Crippen molar-refractivity contribution in [1.29, 1.82) is 0 Å². The Morgan fingerprint density at radius 3 is 2.50 bits per heavy atom. The minimum atomic E-state index is -0.889. The van der Waals surface area contributed by atoms with Crippen LogP contribution in [0.3, 0.4) is 0 Å². The molecule has 0 unspecified atom stereocenters. The molecule has 3 aromatic rings. The molecule has 0 radical (unpaired) electrons. The fourth-order valence-corrected chi connectivity index (χ4v) is 3.58. The number of rotatable bonds is 5. The molecule has 0 bridgehead atoms. The molecular formula is C22H22F2N4. The van der Waals surface area contributed by atoms with Gasteiger partial charge in [0, 0.05) is 31.0 Å². The average Bonchev–Trinajstić information content (AvgIpc) is 2.72. The summed E-state index contributed by atoms with van der Waals surface area (Å²) in [6, 6.07) is 16.0. The summed E-state index contributed by atoms with van der Waals surface area (Å²) in [5.41, 5.74) is 1.83. The van der Waals surface area contributed by atoms with Crippen LogP contribution in [-0.2, 0) is 6.42 Å². The standard InChI is InChI=1S/C22H22F2N4/c23-19-7-6-18(15-20(19)24)26-21-8-11-25-22(27-21)28-12-9-17(10-13-28)14-16-4-2-1-3-5-16/h1-8,11,15,17H,9-10,12-14H2,(H,25,26,27). The van der Waals surface area contributed by atoms with Gasteiger partial charge in [-0.2, -0.15) is 4.98 Å². The van der Waals surface area contributed by atoms with Gasteiger partial charge in [-0.3, -0.25) is 0 Å². The van der Waals surface area contributed by atoms with Crippen molar-refractivity contribution < 1.29 is 8.78 Å². The lowest BCUT2D eigenvalue weighted by Gasteiger charge is -2.32. The van der Waals surface area contributed by atoms with Gasteiger partial charge >= 0.3 is 0 Å². The molecule has 0 saturated carbocycles. The van der Waals surface area contributed by atoms with Crippen LogP contribution in [-0.4, -0.2) is 23.1 Å². The molecule has 1 N–H and O–H groups in total. The summed E-state index contributed by atoms with van der Waals surface area (Å²) >= 11 is 0. The lowest BCUT2D eigenvalue weighted by molar-refractivity contribution is 0.400. The summed E-state index contributed by atoms with van der Waals surface area (Å²) in [5.74, 6) is 0.127. The molecule has 0 amide bonds. The van der Waals surface area contributed by atoms with Gasteiger partial charge in [0.05, 0.1) is 0 Å². The van der Waals surface area contributed by atoms with Crippen molar-refractivity contribution in [2.24, 2.45) is 5.92 Å². The molecule has 0 atom stereocenters. The number of benzene rings is 2. The van der Waals surface area contributed by atoms with Crippen LogP contribution >= 0.6 is 0 Å². The highest BCUT2D eigenvalue weighted by atomic mass is 19.2. The predicted molar refractivity (Wildman–Crippen MR) is 107 cm³/mol. The number of aromatic nitrogens is 2. The molecule has 2 aromatic carbocycles. The van der Waals surface area contributed by atoms with E-state index in [-0.39, 0.29) is 0 Å². The van der Waals surface area contributed by atoms with Gasteiger partial charge in [-0.25, -0.2) is 13.8 Å². The molecule has 6 heteroatoms. The molecule has 2 heterocycles. The lowest BCUT2D eigenvalue weighted by atomic mass is 9.90. The van der Waals surface area contributed by atoms with E-state index in [1.165, 1.54) is 11.6 Å². The number of hydrogen-bond donors (Lipinski definition) is 1. The van der Waals surface area contributed by atoms with Crippen molar-refractivity contribution in [2.75, 3.05) is 23.3 Å². The summed E-state index contributed by atoms with van der Waals surface area (Å²) < 4.78 is 26.5. The Morgan fingerprint density at radius 2 is 1.75 bits per heavy atom. The Morgan fingerprint density at radius 1 is 0.964 bits per heavy atom. The van der Waals surface area contributed by atoms with E-state index in [4.69, 9.17) is 0 Å². The first kappa shape index (κ1) is 18.3. The first-order valence-electron chi connectivity index (χ1n) is 9.51. The van der Waals surface area contributed by atoms with E-state index in [0.717, 1.165) is 44.5 Å². The molecule has 1 saturated heterocycles. The van der Waals surface area contributed by atoms with Gasteiger partial charge in [-0.15, -0.1) is 0 Å². The van der Waals surface area contributed by atoms with Crippen LogP contribution in [0.15, 0.2) is 60.8 Å². The predicted octanol–water partition coefficient (Wildman–Crippen LogP) is 4.96. The van der Waals surface area contributed by atoms with Crippen molar-refractivity contribution in [2.45, 2.75) is 19.3 Å². The molecule has 1 aliphatic heterocycles. The van der Waals surface area contributed by atoms with Crippen LogP contribution < -0.4 is 10.2 Å². The van der Waals surface area contributed by atoms with E-state index < -0.39 is 11.6 Å². The number of hydrogen-bond acceptors (Lipinski definition) is 4. The van der Waals surface area contributed by atoms with Crippen molar-refractivity contribution in [3.63, 3.8) is 0 Å². The first-order chi connectivity index (χ1) is 13.7. The third-order valence-corrected chi connectivity index (χ3v) is 5.10. The SMILES string of the molecule is Fc1ccc(Nc2ccnc(N3CCC(Cc4ccccc4)CC3)n2)cc1F. The zero-order valence-corrected chi connectivity index (χ0v) is 15.5. The fraction of sp³-hybridized carbons (Fsp3) is 0.273. The van der Waals surface area contributed by atoms with Crippen LogP contribution in [0.1, 0.15) is 18.4 Å². The Kier molecular flexibility index (Phi) is 5.46. The largest absolute Gasteiger partial charge is 0.341 e. The van der Waals surface area contributed by atoms with E-state index in [1.54, 1.807) is 12.3 Å². The maximum absolute atomic E-state index is 13.4. The highest BCUT2D eigenvalue weighted by molar-refractivity contribution is 5.57. The normalized spacial score (nSPS) is 14.9. The lowest BCUT2D eigenvalue weighted by Crippen LogP contribution is -2.35. The van der Waals surface area contributed by atoms with Crippen LogP contribution in [0.5, 0.6) is 0 Å². The Bertz CT molecular complexity index is 925. The third-order valence-electron chi connectivity index (χ3n) is 5.10. The first-order valence-corrected chi connectivity index (χ1v) is 9.51. The second kappa shape index (κ2) is 8.33. The molecule has 1 aliphatic rings. The van der Waals surface area contributed by atoms with E-state index in [1.807, 2.05) is 6.07 Å². The highest BCUT2D eigenvalue weighted by Crippen LogP contribution is 2.25.